The normalized spacial score (nSPS) is 21.1. The van der Waals surface area contributed by atoms with Crippen LogP contribution in [-0.4, -0.2) is 6.36 Å². The molecule has 0 heterocycles. The molecule has 2 aromatic rings. The Hall–Kier alpha value is -2.96. The molecule has 0 spiro atoms. The van der Waals surface area contributed by atoms with E-state index < -0.39 is 29.6 Å². The van der Waals surface area contributed by atoms with Crippen molar-refractivity contribution in [3.8, 4) is 5.75 Å². The van der Waals surface area contributed by atoms with Crippen LogP contribution >= 0.6 is 0 Å². The summed E-state index contributed by atoms with van der Waals surface area (Å²) in [7, 11) is 0. The highest BCUT2D eigenvalue weighted by Crippen LogP contribution is 2.39. The summed E-state index contributed by atoms with van der Waals surface area (Å²) in [5, 5.41) is 0. The van der Waals surface area contributed by atoms with Gasteiger partial charge >= 0.3 is 6.36 Å². The number of ether oxygens (including phenoxy) is 1. The highest BCUT2D eigenvalue weighted by atomic mass is 19.4. The van der Waals surface area contributed by atoms with Crippen LogP contribution in [0, 0.1) is 17.6 Å². The Morgan fingerprint density at radius 2 is 1.49 bits per heavy atom. The van der Waals surface area contributed by atoms with Crippen molar-refractivity contribution >= 4 is 11.1 Å². The Kier molecular flexibility index (Phi) is 7.43. The lowest BCUT2D eigenvalue weighted by Gasteiger charge is -2.28. The molecule has 0 unspecified atom stereocenters. The zero-order valence-electron chi connectivity index (χ0n) is 19.3. The zero-order valence-corrected chi connectivity index (χ0v) is 19.3. The monoisotopic (exact) mass is 492 g/mol. The average Bonchev–Trinajstić information content (AvgIpc) is 3.02. The topological polar surface area (TPSA) is 9.23 Å². The molecule has 35 heavy (non-hydrogen) atoms. The van der Waals surface area contributed by atoms with Crippen molar-refractivity contribution in [1.82, 2.24) is 0 Å². The van der Waals surface area contributed by atoms with Gasteiger partial charge in [-0.3, -0.25) is 0 Å². The van der Waals surface area contributed by atoms with Gasteiger partial charge in [0, 0.05) is 5.57 Å². The number of halogens is 6. The number of allylic oxidation sites excluding steroid dienone is 6. The van der Waals surface area contributed by atoms with Crippen molar-refractivity contribution in [2.24, 2.45) is 5.92 Å². The summed E-state index contributed by atoms with van der Waals surface area (Å²) in [6.07, 6.45) is 5.57. The predicted molar refractivity (Wildman–Crippen MR) is 124 cm³/mol. The molecule has 1 saturated carbocycles. The molecule has 1 nitrogen and oxygen atoms in total. The minimum atomic E-state index is -5.25. The fraction of sp³-hybridized carbons (Fsp3) is 0.357. The standard InChI is InChI=1S/C28H26F6O/c1-2-17-6-8-18(9-7-17)19-10-12-20(13-11-19)21-4-3-5-23(24(29)14-21)22-15-25(30)27(26(31)16-22)35-28(32,33)34/h4-5,10-18H,2-3,6-9H2,1H3. The molecule has 0 bridgehead atoms. The molecule has 4 rings (SSSR count). The minimum Gasteiger partial charge on any atom is -0.399 e. The SMILES string of the molecule is CCC1CCC(c2ccc(C3=CCC=C(c4cc(F)c(OC(F)(F)F)c(F)c4)C(F)=C3)cc2)CC1. The van der Waals surface area contributed by atoms with Gasteiger partial charge in [-0.2, -0.15) is 0 Å². The molecule has 2 aromatic carbocycles. The first kappa shape index (κ1) is 25.1. The number of alkyl halides is 3. The van der Waals surface area contributed by atoms with Crippen molar-refractivity contribution in [2.75, 3.05) is 0 Å². The van der Waals surface area contributed by atoms with Gasteiger partial charge in [0.25, 0.3) is 0 Å². The van der Waals surface area contributed by atoms with E-state index in [-0.39, 0.29) is 17.6 Å². The molecule has 0 N–H and O–H groups in total. The van der Waals surface area contributed by atoms with Crippen LogP contribution in [0.25, 0.3) is 11.1 Å². The fourth-order valence-corrected chi connectivity index (χ4v) is 4.91. The molecule has 1 fully saturated rings. The highest BCUT2D eigenvalue weighted by Gasteiger charge is 2.34. The van der Waals surface area contributed by atoms with Crippen LogP contribution in [-0.2, 0) is 0 Å². The Morgan fingerprint density at radius 1 is 0.857 bits per heavy atom. The largest absolute Gasteiger partial charge is 0.573 e. The van der Waals surface area contributed by atoms with E-state index in [1.165, 1.54) is 49.8 Å². The van der Waals surface area contributed by atoms with Gasteiger partial charge in [-0.15, -0.1) is 13.2 Å². The van der Waals surface area contributed by atoms with Gasteiger partial charge in [-0.25, -0.2) is 13.2 Å². The first-order valence-electron chi connectivity index (χ1n) is 11.8. The Morgan fingerprint density at radius 3 is 2.06 bits per heavy atom. The van der Waals surface area contributed by atoms with Crippen molar-refractivity contribution in [2.45, 2.75) is 57.7 Å². The van der Waals surface area contributed by atoms with Crippen molar-refractivity contribution in [3.63, 3.8) is 0 Å². The zero-order chi connectivity index (χ0) is 25.2. The average molecular weight is 493 g/mol. The van der Waals surface area contributed by atoms with Crippen LogP contribution in [0.15, 0.2) is 60.5 Å². The maximum absolute atomic E-state index is 15.1. The number of rotatable bonds is 5. The molecule has 186 valence electrons. The van der Waals surface area contributed by atoms with Gasteiger partial charge in [0.05, 0.1) is 0 Å². The molecule has 2 aliphatic carbocycles. The van der Waals surface area contributed by atoms with Crippen LogP contribution in [0.1, 0.15) is 68.1 Å². The molecular formula is C28H26F6O. The molecule has 0 saturated heterocycles. The second kappa shape index (κ2) is 10.3. The number of hydrogen-bond acceptors (Lipinski definition) is 1. The second-order valence-corrected chi connectivity index (χ2v) is 9.07. The van der Waals surface area contributed by atoms with Gasteiger partial charge < -0.3 is 4.74 Å². The van der Waals surface area contributed by atoms with E-state index in [0.717, 1.165) is 11.5 Å². The maximum Gasteiger partial charge on any atom is 0.573 e. The number of benzene rings is 2. The smallest absolute Gasteiger partial charge is 0.399 e. The predicted octanol–water partition coefficient (Wildman–Crippen LogP) is 9.27. The summed E-state index contributed by atoms with van der Waals surface area (Å²) in [5.41, 5.74) is 2.39. The summed E-state index contributed by atoms with van der Waals surface area (Å²) in [4.78, 5) is 0. The van der Waals surface area contributed by atoms with Crippen LogP contribution in [0.2, 0.25) is 0 Å². The van der Waals surface area contributed by atoms with E-state index >= 15 is 4.39 Å². The van der Waals surface area contributed by atoms with E-state index in [0.29, 0.717) is 23.6 Å². The molecule has 7 heteroatoms. The lowest BCUT2D eigenvalue weighted by atomic mass is 9.77. The third-order valence-electron chi connectivity index (χ3n) is 6.87. The Bertz CT molecular complexity index is 1130. The first-order chi connectivity index (χ1) is 16.6. The summed E-state index contributed by atoms with van der Waals surface area (Å²) in [6, 6.07) is 9.31. The van der Waals surface area contributed by atoms with Crippen LogP contribution < -0.4 is 4.74 Å². The summed E-state index contributed by atoms with van der Waals surface area (Å²) in [6.45, 7) is 2.23. The van der Waals surface area contributed by atoms with E-state index in [1.807, 2.05) is 12.1 Å². The third-order valence-corrected chi connectivity index (χ3v) is 6.87. The van der Waals surface area contributed by atoms with E-state index in [2.05, 4.69) is 23.8 Å². The lowest BCUT2D eigenvalue weighted by molar-refractivity contribution is -0.276. The highest BCUT2D eigenvalue weighted by molar-refractivity contribution is 5.85. The fourth-order valence-electron chi connectivity index (χ4n) is 4.91. The van der Waals surface area contributed by atoms with Crippen LogP contribution in [0.4, 0.5) is 26.3 Å². The quantitative estimate of drug-likeness (QED) is 0.378. The molecule has 2 aliphatic rings. The molecule has 0 aliphatic heterocycles. The first-order valence-corrected chi connectivity index (χ1v) is 11.8. The second-order valence-electron chi connectivity index (χ2n) is 9.07. The molecular weight excluding hydrogens is 466 g/mol. The molecule has 0 radical (unpaired) electrons. The van der Waals surface area contributed by atoms with Gasteiger partial charge in [0.2, 0.25) is 5.75 Å². The van der Waals surface area contributed by atoms with Crippen molar-refractivity contribution in [3.05, 3.63) is 88.8 Å². The van der Waals surface area contributed by atoms with Gasteiger partial charge in [0.1, 0.15) is 5.83 Å². The van der Waals surface area contributed by atoms with E-state index in [4.69, 9.17) is 0 Å². The van der Waals surface area contributed by atoms with Crippen molar-refractivity contribution in [1.29, 1.82) is 0 Å². The lowest BCUT2D eigenvalue weighted by Crippen LogP contribution is -2.19. The summed E-state index contributed by atoms with van der Waals surface area (Å²) < 4.78 is 84.0. The molecule has 0 atom stereocenters. The maximum atomic E-state index is 15.1. The van der Waals surface area contributed by atoms with Crippen molar-refractivity contribution < 1.29 is 31.1 Å². The summed E-state index contributed by atoms with van der Waals surface area (Å²) in [5.74, 6) is -4.09. The van der Waals surface area contributed by atoms with Crippen LogP contribution in [0.5, 0.6) is 5.75 Å². The third kappa shape index (κ3) is 6.00. The van der Waals surface area contributed by atoms with Gasteiger partial charge in [-0.1, -0.05) is 49.8 Å². The van der Waals surface area contributed by atoms with Crippen LogP contribution in [0.3, 0.4) is 0 Å². The van der Waals surface area contributed by atoms with E-state index in [9.17, 15) is 22.0 Å². The molecule has 0 aromatic heterocycles. The number of hydrogen-bond donors (Lipinski definition) is 0. The van der Waals surface area contributed by atoms with Gasteiger partial charge in [-0.05, 0) is 84.4 Å². The summed E-state index contributed by atoms with van der Waals surface area (Å²) >= 11 is 0. The molecule has 0 amide bonds. The Labute approximate surface area is 200 Å². The van der Waals surface area contributed by atoms with E-state index in [1.54, 1.807) is 6.08 Å². The van der Waals surface area contributed by atoms with Gasteiger partial charge in [0.15, 0.2) is 11.6 Å². The Balaban J connectivity index is 1.51. The minimum absolute atomic E-state index is 0.100.